The third kappa shape index (κ3) is 4.35. The van der Waals surface area contributed by atoms with Crippen LogP contribution >= 0.6 is 47.2 Å². The second-order valence-electron chi connectivity index (χ2n) is 5.92. The van der Waals surface area contributed by atoms with E-state index in [4.69, 9.17) is 34.8 Å². The van der Waals surface area contributed by atoms with Gasteiger partial charge in [0.05, 0.1) is 10.0 Å². The molecule has 1 heterocycles. The van der Waals surface area contributed by atoms with Crippen molar-refractivity contribution in [1.82, 2.24) is 4.90 Å². The van der Waals surface area contributed by atoms with Crippen LogP contribution in [0.3, 0.4) is 0 Å². The maximum Gasteiger partial charge on any atom is 0.0595 e. The molecule has 1 aliphatic heterocycles. The molecule has 1 atom stereocenters. The average molecular weight is 391 g/mol. The van der Waals surface area contributed by atoms with Gasteiger partial charge in [0.15, 0.2) is 0 Å². The fourth-order valence-corrected chi connectivity index (χ4v) is 3.55. The molecular weight excluding hydrogens is 372 g/mol. The fourth-order valence-electron chi connectivity index (χ4n) is 2.97. The first-order chi connectivity index (χ1) is 10.5. The molecule has 0 N–H and O–H groups in total. The van der Waals surface area contributed by atoms with Gasteiger partial charge in [-0.2, -0.15) is 0 Å². The molecule has 3 rings (SSSR count). The molecule has 124 valence electrons. The van der Waals surface area contributed by atoms with Crippen LogP contribution in [0.4, 0.5) is 0 Å². The number of rotatable bonds is 4. The lowest BCUT2D eigenvalue weighted by Gasteiger charge is -2.23. The second-order valence-corrected chi connectivity index (χ2v) is 7.14. The van der Waals surface area contributed by atoms with Crippen LogP contribution in [-0.2, 0) is 19.5 Å². The highest BCUT2D eigenvalue weighted by molar-refractivity contribution is 6.42. The quantitative estimate of drug-likeness (QED) is 0.583. The standard InChI is InChI=1S/C18H18Cl3N.ClH/c1-12(5-6-13-7-8-17(20)18(21)9-13)22-10-14-3-2-4-16(19)15(14)11-22;/h2-4,7-9,12H,5-6,10-11H2,1H3;1H/t12-;/m1./s1. The van der Waals surface area contributed by atoms with Crippen molar-refractivity contribution >= 4 is 47.2 Å². The molecule has 23 heavy (non-hydrogen) atoms. The smallest absolute Gasteiger partial charge is 0.0595 e. The van der Waals surface area contributed by atoms with Crippen LogP contribution in [0.15, 0.2) is 36.4 Å². The molecule has 0 spiro atoms. The van der Waals surface area contributed by atoms with E-state index in [1.165, 1.54) is 16.7 Å². The molecule has 0 fully saturated rings. The topological polar surface area (TPSA) is 3.24 Å². The molecule has 0 radical (unpaired) electrons. The van der Waals surface area contributed by atoms with Gasteiger partial charge in [-0.05, 0) is 54.7 Å². The molecule has 0 aliphatic carbocycles. The Labute approximate surface area is 158 Å². The zero-order valence-electron chi connectivity index (χ0n) is 12.9. The number of hydrogen-bond acceptors (Lipinski definition) is 1. The Hall–Kier alpha value is -0.440. The summed E-state index contributed by atoms with van der Waals surface area (Å²) in [6.07, 6.45) is 2.09. The Kier molecular flexibility index (Phi) is 6.65. The normalized spacial score (nSPS) is 15.1. The number of halogens is 4. The molecule has 0 bridgehead atoms. The summed E-state index contributed by atoms with van der Waals surface area (Å²) in [5, 5.41) is 2.13. The van der Waals surface area contributed by atoms with E-state index in [1.54, 1.807) is 0 Å². The molecule has 1 nitrogen and oxygen atoms in total. The lowest BCUT2D eigenvalue weighted by Crippen LogP contribution is -2.28. The van der Waals surface area contributed by atoms with Crippen LogP contribution in [0.2, 0.25) is 15.1 Å². The van der Waals surface area contributed by atoms with E-state index in [1.807, 2.05) is 24.3 Å². The number of aryl methyl sites for hydroxylation is 1. The molecule has 0 saturated heterocycles. The molecule has 0 amide bonds. The van der Waals surface area contributed by atoms with E-state index in [2.05, 4.69) is 24.0 Å². The van der Waals surface area contributed by atoms with Crippen molar-refractivity contribution in [2.75, 3.05) is 0 Å². The van der Waals surface area contributed by atoms with Gasteiger partial charge in [0, 0.05) is 24.2 Å². The van der Waals surface area contributed by atoms with Crippen molar-refractivity contribution in [2.24, 2.45) is 0 Å². The Morgan fingerprint density at radius 1 is 1.00 bits per heavy atom. The predicted octanol–water partition coefficient (Wildman–Crippen LogP) is 6.41. The zero-order chi connectivity index (χ0) is 15.7. The first-order valence-electron chi connectivity index (χ1n) is 7.49. The second kappa shape index (κ2) is 8.09. The van der Waals surface area contributed by atoms with Gasteiger partial charge in [0.2, 0.25) is 0 Å². The van der Waals surface area contributed by atoms with Gasteiger partial charge in [-0.1, -0.05) is 53.0 Å². The molecule has 0 saturated carbocycles. The van der Waals surface area contributed by atoms with Crippen LogP contribution in [0.1, 0.15) is 30.0 Å². The van der Waals surface area contributed by atoms with Crippen LogP contribution in [0, 0.1) is 0 Å². The Balaban J connectivity index is 0.00000192. The maximum absolute atomic E-state index is 6.29. The van der Waals surface area contributed by atoms with Gasteiger partial charge in [-0.3, -0.25) is 4.90 Å². The van der Waals surface area contributed by atoms with E-state index in [-0.39, 0.29) is 12.4 Å². The van der Waals surface area contributed by atoms with E-state index < -0.39 is 0 Å². The van der Waals surface area contributed by atoms with Crippen molar-refractivity contribution in [3.63, 3.8) is 0 Å². The molecule has 2 aromatic carbocycles. The summed E-state index contributed by atoms with van der Waals surface area (Å²) in [6.45, 7) is 4.20. The largest absolute Gasteiger partial charge is 0.292 e. The number of benzene rings is 2. The predicted molar refractivity (Wildman–Crippen MR) is 102 cm³/mol. The summed E-state index contributed by atoms with van der Waals surface area (Å²) in [7, 11) is 0. The summed E-state index contributed by atoms with van der Waals surface area (Å²) in [6, 6.07) is 12.6. The minimum absolute atomic E-state index is 0. The minimum atomic E-state index is 0. The van der Waals surface area contributed by atoms with E-state index in [0.29, 0.717) is 16.1 Å². The van der Waals surface area contributed by atoms with Crippen LogP contribution in [0.5, 0.6) is 0 Å². The van der Waals surface area contributed by atoms with Crippen LogP contribution < -0.4 is 0 Å². The van der Waals surface area contributed by atoms with Gasteiger partial charge in [-0.25, -0.2) is 0 Å². The number of fused-ring (bicyclic) bond motifs is 1. The first-order valence-corrected chi connectivity index (χ1v) is 8.62. The van der Waals surface area contributed by atoms with Crippen LogP contribution in [-0.4, -0.2) is 10.9 Å². The molecule has 5 heteroatoms. The third-order valence-electron chi connectivity index (χ3n) is 4.41. The number of nitrogens with zero attached hydrogens (tertiary/aromatic N) is 1. The lowest BCUT2D eigenvalue weighted by atomic mass is 10.1. The third-order valence-corrected chi connectivity index (χ3v) is 5.50. The van der Waals surface area contributed by atoms with Gasteiger partial charge in [0.1, 0.15) is 0 Å². The SMILES string of the molecule is C[C@H](CCc1ccc(Cl)c(Cl)c1)N1Cc2cccc(Cl)c2C1.Cl. The summed E-state index contributed by atoms with van der Waals surface area (Å²) >= 11 is 18.3. The summed E-state index contributed by atoms with van der Waals surface area (Å²) in [5.74, 6) is 0. The van der Waals surface area contributed by atoms with E-state index in [9.17, 15) is 0 Å². The van der Waals surface area contributed by atoms with Gasteiger partial charge in [0.25, 0.3) is 0 Å². The Morgan fingerprint density at radius 2 is 1.78 bits per heavy atom. The van der Waals surface area contributed by atoms with Crippen molar-refractivity contribution in [3.05, 3.63) is 68.2 Å². The monoisotopic (exact) mass is 389 g/mol. The molecular formula is C18H19Cl4N. The van der Waals surface area contributed by atoms with Gasteiger partial charge < -0.3 is 0 Å². The summed E-state index contributed by atoms with van der Waals surface area (Å²) in [5.41, 5.74) is 3.87. The van der Waals surface area contributed by atoms with Gasteiger partial charge >= 0.3 is 0 Å². The van der Waals surface area contributed by atoms with Gasteiger partial charge in [-0.15, -0.1) is 12.4 Å². The average Bonchev–Trinajstić information content (AvgIpc) is 2.94. The summed E-state index contributed by atoms with van der Waals surface area (Å²) in [4.78, 5) is 2.48. The first kappa shape index (κ1) is 18.9. The highest BCUT2D eigenvalue weighted by Crippen LogP contribution is 2.31. The lowest BCUT2D eigenvalue weighted by molar-refractivity contribution is 0.203. The maximum atomic E-state index is 6.29. The number of hydrogen-bond donors (Lipinski definition) is 0. The van der Waals surface area contributed by atoms with Crippen molar-refractivity contribution in [1.29, 1.82) is 0 Å². The Bertz CT molecular complexity index is 687. The van der Waals surface area contributed by atoms with Crippen molar-refractivity contribution in [2.45, 2.75) is 38.9 Å². The zero-order valence-corrected chi connectivity index (χ0v) is 15.9. The van der Waals surface area contributed by atoms with E-state index >= 15 is 0 Å². The van der Waals surface area contributed by atoms with E-state index in [0.717, 1.165) is 31.0 Å². The molecule has 1 aliphatic rings. The molecule has 0 aromatic heterocycles. The summed E-state index contributed by atoms with van der Waals surface area (Å²) < 4.78 is 0. The van der Waals surface area contributed by atoms with Crippen molar-refractivity contribution < 1.29 is 0 Å². The highest BCUT2D eigenvalue weighted by Gasteiger charge is 2.24. The molecule has 2 aromatic rings. The van der Waals surface area contributed by atoms with Crippen molar-refractivity contribution in [3.8, 4) is 0 Å². The van der Waals surface area contributed by atoms with Crippen LogP contribution in [0.25, 0.3) is 0 Å². The minimum Gasteiger partial charge on any atom is -0.292 e. The highest BCUT2D eigenvalue weighted by atomic mass is 35.5. The molecule has 0 unspecified atom stereocenters. The fraction of sp³-hybridized carbons (Fsp3) is 0.333. The Morgan fingerprint density at radius 3 is 2.48 bits per heavy atom.